The van der Waals surface area contributed by atoms with Crippen LogP contribution in [0.4, 0.5) is 0 Å². The molecule has 98 valence electrons. The molecular formula is C14H19NO3. The molecule has 3 atom stereocenters. The topological polar surface area (TPSA) is 60.8 Å². The fourth-order valence-electron chi connectivity index (χ4n) is 2.82. The van der Waals surface area contributed by atoms with Crippen LogP contribution in [0.5, 0.6) is 5.75 Å². The first-order valence-electron chi connectivity index (χ1n) is 6.28. The fraction of sp³-hybridized carbons (Fsp3) is 0.500. The Kier molecular flexibility index (Phi) is 3.57. The van der Waals surface area contributed by atoms with Crippen molar-refractivity contribution in [3.8, 4) is 5.75 Å². The highest BCUT2D eigenvalue weighted by atomic mass is 16.4. The first-order chi connectivity index (χ1) is 8.50. The lowest BCUT2D eigenvalue weighted by Gasteiger charge is -2.30. The Morgan fingerprint density at radius 1 is 1.50 bits per heavy atom. The average molecular weight is 249 g/mol. The Balaban J connectivity index is 2.15. The summed E-state index contributed by atoms with van der Waals surface area (Å²) in [7, 11) is 0. The van der Waals surface area contributed by atoms with E-state index >= 15 is 0 Å². The van der Waals surface area contributed by atoms with Crippen LogP contribution >= 0.6 is 0 Å². The minimum Gasteiger partial charge on any atom is -0.508 e. The smallest absolute Gasteiger partial charge is 0.308 e. The van der Waals surface area contributed by atoms with Crippen LogP contribution in [0.25, 0.3) is 0 Å². The summed E-state index contributed by atoms with van der Waals surface area (Å²) in [5.41, 5.74) is 1.02. The van der Waals surface area contributed by atoms with Gasteiger partial charge in [0.15, 0.2) is 0 Å². The Morgan fingerprint density at radius 3 is 2.78 bits per heavy atom. The molecule has 1 aliphatic heterocycles. The van der Waals surface area contributed by atoms with Crippen LogP contribution in [0, 0.1) is 5.92 Å². The number of aromatic hydroxyl groups is 1. The molecule has 4 nitrogen and oxygen atoms in total. The molecule has 2 N–H and O–H groups in total. The lowest BCUT2D eigenvalue weighted by molar-refractivity contribution is -0.142. The second kappa shape index (κ2) is 4.98. The summed E-state index contributed by atoms with van der Waals surface area (Å²) in [4.78, 5) is 13.3. The summed E-state index contributed by atoms with van der Waals surface area (Å²) in [5, 5.41) is 18.6. The molecule has 1 aromatic rings. The van der Waals surface area contributed by atoms with E-state index in [4.69, 9.17) is 5.11 Å². The first-order valence-corrected chi connectivity index (χ1v) is 6.28. The van der Waals surface area contributed by atoms with Crippen molar-refractivity contribution in [2.75, 3.05) is 6.54 Å². The van der Waals surface area contributed by atoms with Crippen LogP contribution in [0.15, 0.2) is 24.3 Å². The second-order valence-electron chi connectivity index (χ2n) is 4.98. The summed E-state index contributed by atoms with van der Waals surface area (Å²) in [6.07, 6.45) is 0.694. The molecule has 3 unspecified atom stereocenters. The highest BCUT2D eigenvalue weighted by molar-refractivity contribution is 5.71. The summed E-state index contributed by atoms with van der Waals surface area (Å²) >= 11 is 0. The van der Waals surface area contributed by atoms with Crippen molar-refractivity contribution >= 4 is 5.97 Å². The molecule has 2 rings (SSSR count). The number of rotatable bonds is 3. The number of likely N-dealkylation sites (tertiary alicyclic amines) is 1. The number of nitrogens with zero attached hydrogens (tertiary/aromatic N) is 1. The number of phenols is 1. The van der Waals surface area contributed by atoms with Gasteiger partial charge in [0, 0.05) is 12.1 Å². The largest absolute Gasteiger partial charge is 0.508 e. The molecule has 0 aliphatic carbocycles. The van der Waals surface area contributed by atoms with Gasteiger partial charge in [-0.15, -0.1) is 0 Å². The molecule has 18 heavy (non-hydrogen) atoms. The van der Waals surface area contributed by atoms with Gasteiger partial charge >= 0.3 is 5.97 Å². The number of hydrogen-bond donors (Lipinski definition) is 2. The van der Waals surface area contributed by atoms with Crippen LogP contribution < -0.4 is 0 Å². The number of hydrogen-bond acceptors (Lipinski definition) is 3. The highest BCUT2D eigenvalue weighted by Crippen LogP contribution is 2.33. The predicted molar refractivity (Wildman–Crippen MR) is 68.4 cm³/mol. The van der Waals surface area contributed by atoms with E-state index in [1.54, 1.807) is 12.1 Å². The van der Waals surface area contributed by atoms with Crippen LogP contribution in [0.2, 0.25) is 0 Å². The Bertz CT molecular complexity index is 446. The fourth-order valence-corrected chi connectivity index (χ4v) is 2.82. The quantitative estimate of drug-likeness (QED) is 0.862. The third-order valence-corrected chi connectivity index (χ3v) is 3.97. The maximum Gasteiger partial charge on any atom is 0.308 e. The monoisotopic (exact) mass is 249 g/mol. The number of phenolic OH excluding ortho intramolecular Hbond substituents is 1. The van der Waals surface area contributed by atoms with Gasteiger partial charge in [-0.3, -0.25) is 9.69 Å². The van der Waals surface area contributed by atoms with E-state index in [2.05, 4.69) is 11.8 Å². The Morgan fingerprint density at radius 2 is 2.22 bits per heavy atom. The van der Waals surface area contributed by atoms with Crippen molar-refractivity contribution < 1.29 is 15.0 Å². The third-order valence-electron chi connectivity index (χ3n) is 3.97. The van der Waals surface area contributed by atoms with Gasteiger partial charge in [0.05, 0.1) is 5.92 Å². The molecule has 1 aromatic carbocycles. The molecule has 0 spiro atoms. The molecule has 0 aromatic heterocycles. The lowest BCUT2D eigenvalue weighted by atomic mass is 10.0. The van der Waals surface area contributed by atoms with Gasteiger partial charge in [-0.05, 0) is 44.5 Å². The van der Waals surface area contributed by atoms with E-state index in [0.29, 0.717) is 6.42 Å². The van der Waals surface area contributed by atoms with Crippen LogP contribution in [-0.2, 0) is 4.79 Å². The van der Waals surface area contributed by atoms with Crippen LogP contribution in [0.3, 0.4) is 0 Å². The van der Waals surface area contributed by atoms with Gasteiger partial charge < -0.3 is 10.2 Å². The number of aliphatic carboxylic acids is 1. The molecular weight excluding hydrogens is 230 g/mol. The number of carboxylic acid groups (broad SMARTS) is 1. The molecule has 0 bridgehead atoms. The summed E-state index contributed by atoms with van der Waals surface area (Å²) in [5.74, 6) is -0.751. The SMILES string of the molecule is CC(c1cccc(O)c1)N1CCC(C(=O)O)C1C. The maximum atomic E-state index is 11.1. The van der Waals surface area contributed by atoms with Gasteiger partial charge in [-0.2, -0.15) is 0 Å². The molecule has 1 fully saturated rings. The van der Waals surface area contributed by atoms with Crippen molar-refractivity contribution in [2.24, 2.45) is 5.92 Å². The van der Waals surface area contributed by atoms with Gasteiger partial charge in [0.2, 0.25) is 0 Å². The number of carbonyl (C=O) groups is 1. The predicted octanol–water partition coefficient (Wildman–Crippen LogP) is 2.25. The molecule has 1 aliphatic rings. The van der Waals surface area contributed by atoms with Gasteiger partial charge in [-0.25, -0.2) is 0 Å². The molecule has 0 saturated carbocycles. The van der Waals surface area contributed by atoms with E-state index in [9.17, 15) is 9.90 Å². The van der Waals surface area contributed by atoms with Crippen LogP contribution in [-0.4, -0.2) is 33.7 Å². The Hall–Kier alpha value is -1.55. The summed E-state index contributed by atoms with van der Waals surface area (Å²) in [6, 6.07) is 7.31. The minimum atomic E-state index is -0.715. The van der Waals surface area contributed by atoms with Gasteiger partial charge in [0.25, 0.3) is 0 Å². The van der Waals surface area contributed by atoms with Crippen molar-refractivity contribution in [3.63, 3.8) is 0 Å². The molecule has 0 amide bonds. The number of carboxylic acids is 1. The van der Waals surface area contributed by atoms with E-state index in [1.807, 2.05) is 19.1 Å². The molecule has 1 heterocycles. The van der Waals surface area contributed by atoms with E-state index in [1.165, 1.54) is 0 Å². The zero-order chi connectivity index (χ0) is 13.3. The first kappa shape index (κ1) is 12.9. The molecule has 0 radical (unpaired) electrons. The zero-order valence-corrected chi connectivity index (χ0v) is 10.7. The van der Waals surface area contributed by atoms with Gasteiger partial charge in [-0.1, -0.05) is 12.1 Å². The summed E-state index contributed by atoms with van der Waals surface area (Å²) in [6.45, 7) is 4.80. The lowest BCUT2D eigenvalue weighted by Crippen LogP contribution is -2.34. The van der Waals surface area contributed by atoms with E-state index in [-0.39, 0.29) is 23.8 Å². The van der Waals surface area contributed by atoms with E-state index in [0.717, 1.165) is 12.1 Å². The Labute approximate surface area is 107 Å². The van der Waals surface area contributed by atoms with Crippen molar-refractivity contribution in [3.05, 3.63) is 29.8 Å². The van der Waals surface area contributed by atoms with Gasteiger partial charge in [0.1, 0.15) is 5.75 Å². The highest BCUT2D eigenvalue weighted by Gasteiger charge is 2.37. The van der Waals surface area contributed by atoms with E-state index < -0.39 is 5.97 Å². The van der Waals surface area contributed by atoms with Crippen molar-refractivity contribution in [1.29, 1.82) is 0 Å². The third kappa shape index (κ3) is 2.34. The van der Waals surface area contributed by atoms with Crippen molar-refractivity contribution in [2.45, 2.75) is 32.4 Å². The summed E-state index contributed by atoms with van der Waals surface area (Å²) < 4.78 is 0. The molecule has 1 saturated heterocycles. The second-order valence-corrected chi connectivity index (χ2v) is 4.98. The van der Waals surface area contributed by atoms with Crippen LogP contribution in [0.1, 0.15) is 31.9 Å². The standard InChI is InChI=1S/C14H19NO3/c1-9(11-4-3-5-12(16)8-11)15-7-6-13(10(15)2)14(17)18/h3-5,8-10,13,16H,6-7H2,1-2H3,(H,17,18). The van der Waals surface area contributed by atoms with Crippen molar-refractivity contribution in [1.82, 2.24) is 4.90 Å². The maximum absolute atomic E-state index is 11.1. The zero-order valence-electron chi connectivity index (χ0n) is 10.7. The normalized spacial score (nSPS) is 26.1. The number of benzene rings is 1. The molecule has 4 heteroatoms. The minimum absolute atomic E-state index is 0.0276. The average Bonchev–Trinajstić information content (AvgIpc) is 2.70.